The molecule has 1 saturated heterocycles. The first-order chi connectivity index (χ1) is 4.22. The molecule has 1 aliphatic heterocycles. The highest BCUT2D eigenvalue weighted by atomic mass is 79.9. The van der Waals surface area contributed by atoms with Crippen molar-refractivity contribution in [2.45, 2.75) is 6.04 Å². The monoisotopic (exact) mass is 210 g/mol. The molecule has 1 aliphatic rings. The van der Waals surface area contributed by atoms with E-state index in [1.807, 2.05) is 0 Å². The van der Waals surface area contributed by atoms with Crippen LogP contribution >= 0.6 is 17.0 Å². The third-order valence-corrected chi connectivity index (χ3v) is 1.58. The van der Waals surface area contributed by atoms with Crippen LogP contribution in [0, 0.1) is 5.92 Å². The molecule has 0 aromatic carbocycles. The SMILES string of the molecule is Br.NC1CNCC1C(=O)O. The predicted molar refractivity (Wildman–Crippen MR) is 42.3 cm³/mol. The van der Waals surface area contributed by atoms with E-state index < -0.39 is 5.97 Å². The van der Waals surface area contributed by atoms with E-state index >= 15 is 0 Å². The van der Waals surface area contributed by atoms with Gasteiger partial charge in [-0.2, -0.15) is 0 Å². The number of halogens is 1. The number of hydrogen-bond acceptors (Lipinski definition) is 3. The molecule has 0 saturated carbocycles. The second-order valence-electron chi connectivity index (χ2n) is 2.27. The molecule has 4 N–H and O–H groups in total. The molecule has 4 nitrogen and oxygen atoms in total. The van der Waals surface area contributed by atoms with Crippen LogP contribution in [0.25, 0.3) is 0 Å². The number of carbonyl (C=O) groups is 1. The Balaban J connectivity index is 0.000000810. The predicted octanol–water partition coefficient (Wildman–Crippen LogP) is -0.804. The van der Waals surface area contributed by atoms with Crippen LogP contribution in [0.3, 0.4) is 0 Å². The van der Waals surface area contributed by atoms with Crippen LogP contribution in [0.2, 0.25) is 0 Å². The van der Waals surface area contributed by atoms with Gasteiger partial charge in [-0.15, -0.1) is 17.0 Å². The Kier molecular flexibility index (Phi) is 3.85. The van der Waals surface area contributed by atoms with Gasteiger partial charge in [0.25, 0.3) is 0 Å². The van der Waals surface area contributed by atoms with Crippen molar-refractivity contribution in [2.24, 2.45) is 11.7 Å². The maximum atomic E-state index is 10.3. The summed E-state index contributed by atoms with van der Waals surface area (Å²) in [5.74, 6) is -1.18. The summed E-state index contributed by atoms with van der Waals surface area (Å²) in [6, 6.07) is -0.206. The molecule has 0 amide bonds. The minimum atomic E-state index is -0.799. The van der Waals surface area contributed by atoms with E-state index in [-0.39, 0.29) is 28.9 Å². The quantitative estimate of drug-likeness (QED) is 0.530. The van der Waals surface area contributed by atoms with Crippen LogP contribution in [0.5, 0.6) is 0 Å². The molecule has 60 valence electrons. The van der Waals surface area contributed by atoms with Crippen LogP contribution in [-0.2, 0) is 4.79 Å². The fraction of sp³-hybridized carbons (Fsp3) is 0.800. The van der Waals surface area contributed by atoms with Crippen LogP contribution in [0.15, 0.2) is 0 Å². The van der Waals surface area contributed by atoms with Gasteiger partial charge in [0.1, 0.15) is 0 Å². The van der Waals surface area contributed by atoms with Crippen molar-refractivity contribution >= 4 is 23.0 Å². The zero-order valence-electron chi connectivity index (χ0n) is 5.41. The Morgan fingerprint density at radius 3 is 2.40 bits per heavy atom. The van der Waals surface area contributed by atoms with Crippen LogP contribution in [-0.4, -0.2) is 30.2 Å². The summed E-state index contributed by atoms with van der Waals surface area (Å²) in [6.45, 7) is 1.13. The van der Waals surface area contributed by atoms with Crippen molar-refractivity contribution in [3.8, 4) is 0 Å². The lowest BCUT2D eigenvalue weighted by molar-refractivity contribution is -0.141. The van der Waals surface area contributed by atoms with Crippen LogP contribution < -0.4 is 11.1 Å². The number of nitrogens with two attached hydrogens (primary N) is 1. The molecule has 0 spiro atoms. The van der Waals surface area contributed by atoms with Gasteiger partial charge in [-0.3, -0.25) is 4.79 Å². The largest absolute Gasteiger partial charge is 0.481 e. The smallest absolute Gasteiger partial charge is 0.309 e. The number of carboxylic acids is 1. The average molecular weight is 211 g/mol. The Bertz CT molecular complexity index is 131. The molecule has 5 heteroatoms. The van der Waals surface area contributed by atoms with Gasteiger partial charge in [0.15, 0.2) is 0 Å². The van der Waals surface area contributed by atoms with E-state index in [2.05, 4.69) is 5.32 Å². The normalized spacial score (nSPS) is 31.3. The lowest BCUT2D eigenvalue weighted by Crippen LogP contribution is -2.33. The fourth-order valence-electron chi connectivity index (χ4n) is 0.970. The van der Waals surface area contributed by atoms with Gasteiger partial charge < -0.3 is 16.2 Å². The van der Waals surface area contributed by atoms with Crippen molar-refractivity contribution in [3.05, 3.63) is 0 Å². The minimum Gasteiger partial charge on any atom is -0.481 e. The van der Waals surface area contributed by atoms with Gasteiger partial charge in [-0.05, 0) is 0 Å². The second-order valence-corrected chi connectivity index (χ2v) is 2.27. The third-order valence-electron chi connectivity index (χ3n) is 1.58. The fourth-order valence-corrected chi connectivity index (χ4v) is 0.970. The molecule has 1 heterocycles. The number of aliphatic carboxylic acids is 1. The first kappa shape index (κ1) is 9.87. The second kappa shape index (κ2) is 3.90. The Morgan fingerprint density at radius 2 is 2.20 bits per heavy atom. The number of carboxylic acid groups (broad SMARTS) is 1. The van der Waals surface area contributed by atoms with Gasteiger partial charge in [-0.25, -0.2) is 0 Å². The summed E-state index contributed by atoms with van der Waals surface area (Å²) in [5, 5.41) is 11.4. The lowest BCUT2D eigenvalue weighted by atomic mass is 10.1. The highest BCUT2D eigenvalue weighted by Crippen LogP contribution is 2.05. The van der Waals surface area contributed by atoms with Gasteiger partial charge in [-0.1, -0.05) is 0 Å². The molecule has 10 heavy (non-hydrogen) atoms. The first-order valence-electron chi connectivity index (χ1n) is 2.91. The van der Waals surface area contributed by atoms with E-state index in [0.717, 1.165) is 0 Å². The zero-order valence-corrected chi connectivity index (χ0v) is 7.12. The van der Waals surface area contributed by atoms with Crippen molar-refractivity contribution < 1.29 is 9.90 Å². The van der Waals surface area contributed by atoms with Crippen LogP contribution in [0.1, 0.15) is 0 Å². The summed E-state index contributed by atoms with van der Waals surface area (Å²) in [4.78, 5) is 10.3. The van der Waals surface area contributed by atoms with Crippen molar-refractivity contribution in [2.75, 3.05) is 13.1 Å². The van der Waals surface area contributed by atoms with Gasteiger partial charge in [0.05, 0.1) is 5.92 Å². The molecule has 0 aliphatic carbocycles. The van der Waals surface area contributed by atoms with E-state index in [1.165, 1.54) is 0 Å². The Labute approximate surface area is 69.6 Å². The lowest BCUT2D eigenvalue weighted by Gasteiger charge is -2.06. The molecule has 2 unspecified atom stereocenters. The molecule has 0 aromatic rings. The molecule has 0 radical (unpaired) electrons. The van der Waals surface area contributed by atoms with Crippen molar-refractivity contribution in [3.63, 3.8) is 0 Å². The highest BCUT2D eigenvalue weighted by Gasteiger charge is 2.29. The first-order valence-corrected chi connectivity index (χ1v) is 2.91. The standard InChI is InChI=1S/C5H10N2O2.BrH/c6-4-2-7-1-3(4)5(8)9;/h3-4,7H,1-2,6H2,(H,8,9);1H. The summed E-state index contributed by atoms with van der Waals surface area (Å²) in [7, 11) is 0. The molecular weight excluding hydrogens is 200 g/mol. The molecule has 0 bridgehead atoms. The number of nitrogens with one attached hydrogen (secondary N) is 1. The van der Waals surface area contributed by atoms with Gasteiger partial charge >= 0.3 is 5.97 Å². The van der Waals surface area contributed by atoms with Crippen LogP contribution in [0.4, 0.5) is 0 Å². The maximum absolute atomic E-state index is 10.3. The summed E-state index contributed by atoms with van der Waals surface area (Å²) in [6.07, 6.45) is 0. The zero-order chi connectivity index (χ0) is 6.85. The summed E-state index contributed by atoms with van der Waals surface area (Å²) in [5.41, 5.74) is 5.44. The molecule has 1 fully saturated rings. The van der Waals surface area contributed by atoms with E-state index in [9.17, 15) is 4.79 Å². The maximum Gasteiger partial charge on any atom is 0.309 e. The Morgan fingerprint density at radius 1 is 1.60 bits per heavy atom. The molecule has 2 atom stereocenters. The Hall–Kier alpha value is -0.130. The van der Waals surface area contributed by atoms with E-state index in [4.69, 9.17) is 10.8 Å². The van der Waals surface area contributed by atoms with Gasteiger partial charge in [0.2, 0.25) is 0 Å². The van der Waals surface area contributed by atoms with Crippen molar-refractivity contribution in [1.29, 1.82) is 0 Å². The number of rotatable bonds is 1. The highest BCUT2D eigenvalue weighted by molar-refractivity contribution is 8.93. The number of hydrogen-bond donors (Lipinski definition) is 3. The molecular formula is C5H11BrN2O2. The summed E-state index contributed by atoms with van der Waals surface area (Å²) < 4.78 is 0. The molecule has 0 aromatic heterocycles. The third kappa shape index (κ3) is 1.93. The van der Waals surface area contributed by atoms with Gasteiger partial charge in [0, 0.05) is 19.1 Å². The minimum absolute atomic E-state index is 0. The molecule has 1 rings (SSSR count). The summed E-state index contributed by atoms with van der Waals surface area (Å²) >= 11 is 0. The van der Waals surface area contributed by atoms with E-state index in [0.29, 0.717) is 13.1 Å². The van der Waals surface area contributed by atoms with E-state index in [1.54, 1.807) is 0 Å². The van der Waals surface area contributed by atoms with Crippen molar-refractivity contribution in [1.82, 2.24) is 5.32 Å². The average Bonchev–Trinajstić information content (AvgIpc) is 2.13. The topological polar surface area (TPSA) is 75.3 Å².